The number of aromatic nitrogens is 1. The van der Waals surface area contributed by atoms with Gasteiger partial charge in [0.15, 0.2) is 0 Å². The number of fused-ring (bicyclic) bond motifs is 1. The number of amides is 2. The molecular weight excluding hydrogens is 287 g/mol. The highest BCUT2D eigenvalue weighted by Gasteiger charge is 2.24. The summed E-state index contributed by atoms with van der Waals surface area (Å²) in [7, 11) is 1.72. The third kappa shape index (κ3) is 2.26. The molecule has 112 valence electrons. The van der Waals surface area contributed by atoms with Crippen LogP contribution < -0.4 is 15.8 Å². The number of anilines is 3. The van der Waals surface area contributed by atoms with Crippen molar-refractivity contribution >= 4 is 29.0 Å². The quantitative estimate of drug-likeness (QED) is 0.850. The summed E-state index contributed by atoms with van der Waals surface area (Å²) in [5.41, 5.74) is 3.53. The minimum atomic E-state index is -0.864. The first kappa shape index (κ1) is 14.0. The van der Waals surface area contributed by atoms with E-state index >= 15 is 0 Å². The van der Waals surface area contributed by atoms with E-state index in [1.807, 2.05) is 12.1 Å². The van der Waals surface area contributed by atoms with Gasteiger partial charge in [-0.1, -0.05) is 10.5 Å². The first-order chi connectivity index (χ1) is 10.6. The Kier molecular flexibility index (Phi) is 3.46. The van der Waals surface area contributed by atoms with Crippen molar-refractivity contribution in [3.8, 4) is 0 Å². The van der Waals surface area contributed by atoms with Gasteiger partial charge in [-0.3, -0.25) is 9.59 Å². The molecule has 0 spiro atoms. The summed E-state index contributed by atoms with van der Waals surface area (Å²) in [6.07, 6.45) is 1.78. The predicted molar refractivity (Wildman–Crippen MR) is 79.6 cm³/mol. The summed E-state index contributed by atoms with van der Waals surface area (Å²) in [4.78, 5) is 29.0. The van der Waals surface area contributed by atoms with Gasteiger partial charge in [-0.2, -0.15) is 5.54 Å². The monoisotopic (exact) mass is 300 g/mol. The van der Waals surface area contributed by atoms with Crippen LogP contribution in [0.4, 0.5) is 21.7 Å². The van der Waals surface area contributed by atoms with Crippen LogP contribution in [-0.2, 0) is 11.2 Å². The Labute approximate surface area is 125 Å². The van der Waals surface area contributed by atoms with Crippen molar-refractivity contribution in [1.82, 2.24) is 10.5 Å². The molecule has 2 N–H and O–H groups in total. The molecule has 6 nitrogen and oxygen atoms in total. The molecule has 1 aliphatic rings. The fourth-order valence-electron chi connectivity index (χ4n) is 2.55. The third-order valence-electron chi connectivity index (χ3n) is 3.56. The van der Waals surface area contributed by atoms with Crippen molar-refractivity contribution in [3.05, 3.63) is 47.7 Å². The Hall–Kier alpha value is -2.96. The largest absolute Gasteiger partial charge is 0.328 e. The second kappa shape index (κ2) is 5.44. The second-order valence-electron chi connectivity index (χ2n) is 4.89. The summed E-state index contributed by atoms with van der Waals surface area (Å²) in [5.74, 6) is -0.638. The molecule has 1 aliphatic heterocycles. The number of hydrogen-bond donors (Lipinski definition) is 2. The van der Waals surface area contributed by atoms with Crippen LogP contribution in [0.25, 0.3) is 0 Å². The molecule has 0 aliphatic carbocycles. The zero-order valence-corrected chi connectivity index (χ0v) is 11.8. The van der Waals surface area contributed by atoms with Crippen LogP contribution in [-0.4, -0.2) is 23.8 Å². The highest BCUT2D eigenvalue weighted by Crippen LogP contribution is 2.35. The molecule has 1 aromatic carbocycles. The molecule has 0 fully saturated rings. The van der Waals surface area contributed by atoms with Crippen LogP contribution in [0.2, 0.25) is 0 Å². The Morgan fingerprint density at radius 1 is 1.36 bits per heavy atom. The lowest BCUT2D eigenvalue weighted by Crippen LogP contribution is -2.21. The van der Waals surface area contributed by atoms with Crippen LogP contribution in [0.1, 0.15) is 15.9 Å². The molecule has 0 bridgehead atoms. The van der Waals surface area contributed by atoms with Crippen molar-refractivity contribution in [2.75, 3.05) is 17.3 Å². The van der Waals surface area contributed by atoms with Gasteiger partial charge in [-0.15, -0.1) is 0 Å². The number of hydrogen-bond acceptors (Lipinski definition) is 4. The van der Waals surface area contributed by atoms with Crippen molar-refractivity contribution in [2.45, 2.75) is 6.42 Å². The standard InChI is InChI=1S/C15H13FN4O2/c1-20(14-9(15(22)19-16)4-3-7-17-14)12-6-2-5-11-10(12)8-13(21)18-11/h2-7H,8H2,1H3,(H,18,21)(H,19,22). The number of halogens is 1. The van der Waals surface area contributed by atoms with E-state index in [1.54, 1.807) is 24.1 Å². The number of pyridine rings is 1. The van der Waals surface area contributed by atoms with Crippen LogP contribution in [0.15, 0.2) is 36.5 Å². The van der Waals surface area contributed by atoms with E-state index in [0.717, 1.165) is 22.5 Å². The molecule has 0 saturated carbocycles. The van der Waals surface area contributed by atoms with Gasteiger partial charge in [0.05, 0.1) is 12.0 Å². The van der Waals surface area contributed by atoms with E-state index in [9.17, 15) is 14.1 Å². The Balaban J connectivity index is 2.07. The van der Waals surface area contributed by atoms with Gasteiger partial charge in [-0.25, -0.2) is 4.98 Å². The number of nitrogens with one attached hydrogen (secondary N) is 2. The zero-order chi connectivity index (χ0) is 15.7. The van der Waals surface area contributed by atoms with Crippen molar-refractivity contribution < 1.29 is 14.1 Å². The number of rotatable bonds is 3. The van der Waals surface area contributed by atoms with Crippen LogP contribution in [0, 0.1) is 0 Å². The second-order valence-corrected chi connectivity index (χ2v) is 4.89. The molecule has 7 heteroatoms. The van der Waals surface area contributed by atoms with Crippen LogP contribution >= 0.6 is 0 Å². The van der Waals surface area contributed by atoms with Gasteiger partial charge in [-0.05, 0) is 24.3 Å². The molecular formula is C15H13FN4O2. The van der Waals surface area contributed by atoms with Crippen molar-refractivity contribution in [3.63, 3.8) is 0 Å². The highest BCUT2D eigenvalue weighted by atomic mass is 19.2. The molecule has 0 radical (unpaired) electrons. The van der Waals surface area contributed by atoms with Gasteiger partial charge >= 0.3 is 0 Å². The molecule has 2 aromatic rings. The summed E-state index contributed by atoms with van der Waals surface area (Å²) in [6.45, 7) is 0. The van der Waals surface area contributed by atoms with Crippen LogP contribution in [0.3, 0.4) is 0 Å². The average molecular weight is 300 g/mol. The molecule has 0 saturated heterocycles. The minimum Gasteiger partial charge on any atom is -0.328 e. The smallest absolute Gasteiger partial charge is 0.282 e. The first-order valence-electron chi connectivity index (χ1n) is 6.63. The van der Waals surface area contributed by atoms with Crippen LogP contribution in [0.5, 0.6) is 0 Å². The molecule has 0 unspecified atom stereocenters. The maximum atomic E-state index is 12.5. The maximum absolute atomic E-state index is 12.5. The number of carbonyl (C=O) groups excluding carboxylic acids is 2. The van der Waals surface area contributed by atoms with Crippen molar-refractivity contribution in [1.29, 1.82) is 0 Å². The van der Waals surface area contributed by atoms with Gasteiger partial charge in [0.1, 0.15) is 5.82 Å². The van der Waals surface area contributed by atoms with Crippen molar-refractivity contribution in [2.24, 2.45) is 0 Å². The number of carbonyl (C=O) groups is 2. The number of nitrogens with zero attached hydrogens (tertiary/aromatic N) is 2. The molecule has 0 atom stereocenters. The average Bonchev–Trinajstić information content (AvgIpc) is 2.93. The molecule has 22 heavy (non-hydrogen) atoms. The van der Waals surface area contributed by atoms with E-state index in [1.165, 1.54) is 12.3 Å². The third-order valence-corrected chi connectivity index (χ3v) is 3.56. The summed E-state index contributed by atoms with van der Waals surface area (Å²) >= 11 is 0. The molecule has 1 aromatic heterocycles. The number of benzene rings is 1. The Bertz CT molecular complexity index is 763. The fourth-order valence-corrected chi connectivity index (χ4v) is 2.55. The predicted octanol–water partition coefficient (Wildman–Crippen LogP) is 1.96. The normalized spacial score (nSPS) is 12.5. The molecule has 2 amide bonds. The van der Waals surface area contributed by atoms with Gasteiger partial charge in [0.2, 0.25) is 5.91 Å². The lowest BCUT2D eigenvalue weighted by Gasteiger charge is -2.22. The topological polar surface area (TPSA) is 74.3 Å². The summed E-state index contributed by atoms with van der Waals surface area (Å²) in [6, 6.07) is 8.48. The lowest BCUT2D eigenvalue weighted by molar-refractivity contribution is -0.115. The SMILES string of the molecule is CN(c1cccc2c1CC(=O)N2)c1ncccc1C(=O)NF. The van der Waals surface area contributed by atoms with E-state index in [2.05, 4.69) is 10.3 Å². The maximum Gasteiger partial charge on any atom is 0.282 e. The minimum absolute atomic E-state index is 0.0846. The lowest BCUT2D eigenvalue weighted by atomic mass is 10.1. The Morgan fingerprint density at radius 3 is 2.95 bits per heavy atom. The highest BCUT2D eigenvalue weighted by molar-refractivity contribution is 6.03. The van der Waals surface area contributed by atoms with E-state index in [0.29, 0.717) is 5.82 Å². The zero-order valence-electron chi connectivity index (χ0n) is 11.8. The molecule has 2 heterocycles. The van der Waals surface area contributed by atoms with Gasteiger partial charge in [0.25, 0.3) is 5.91 Å². The molecule has 3 rings (SSSR count). The Morgan fingerprint density at radius 2 is 2.18 bits per heavy atom. The fraction of sp³-hybridized carbons (Fsp3) is 0.133. The van der Waals surface area contributed by atoms with E-state index in [-0.39, 0.29) is 17.9 Å². The first-order valence-corrected chi connectivity index (χ1v) is 6.63. The van der Waals surface area contributed by atoms with E-state index < -0.39 is 5.91 Å². The van der Waals surface area contributed by atoms with E-state index in [4.69, 9.17) is 0 Å². The summed E-state index contributed by atoms with van der Waals surface area (Å²) in [5, 5.41) is 2.77. The summed E-state index contributed by atoms with van der Waals surface area (Å²) < 4.78 is 12.5. The van der Waals surface area contributed by atoms with Gasteiger partial charge < -0.3 is 10.2 Å². The van der Waals surface area contributed by atoms with Gasteiger partial charge in [0, 0.05) is 30.2 Å².